The summed E-state index contributed by atoms with van der Waals surface area (Å²) in [6.07, 6.45) is 0. The van der Waals surface area contributed by atoms with E-state index in [-0.39, 0.29) is 5.78 Å². The van der Waals surface area contributed by atoms with E-state index in [0.29, 0.717) is 0 Å². The Morgan fingerprint density at radius 1 is 0.727 bits per heavy atom. The summed E-state index contributed by atoms with van der Waals surface area (Å²) in [4.78, 5) is 16.8. The molecule has 0 aliphatic carbocycles. The lowest BCUT2D eigenvalue weighted by atomic mass is 10.0. The predicted molar refractivity (Wildman–Crippen MR) is 94.2 cm³/mol. The second-order valence-electron chi connectivity index (χ2n) is 5.45. The molecule has 0 bridgehead atoms. The Morgan fingerprint density at radius 3 is 1.32 bits per heavy atom. The van der Waals surface area contributed by atoms with Crippen molar-refractivity contribution < 1.29 is 4.79 Å². The van der Waals surface area contributed by atoms with Gasteiger partial charge in [-0.05, 0) is 62.4 Å². The molecule has 0 saturated heterocycles. The third-order valence-corrected chi connectivity index (χ3v) is 4.09. The smallest absolute Gasteiger partial charge is 0.193 e. The molecule has 2 rings (SSSR count). The van der Waals surface area contributed by atoms with Gasteiger partial charge in [-0.25, -0.2) is 0 Å². The topological polar surface area (TPSA) is 23.6 Å². The van der Waals surface area contributed by atoms with Crippen molar-refractivity contribution in [2.24, 2.45) is 0 Å². The van der Waals surface area contributed by atoms with E-state index in [4.69, 9.17) is 0 Å². The molecule has 0 atom stereocenters. The van der Waals surface area contributed by atoms with Gasteiger partial charge in [-0.1, -0.05) is 0 Å². The fourth-order valence-electron chi connectivity index (χ4n) is 2.27. The molecule has 3 heteroatoms. The average Bonchev–Trinajstić information content (AvgIpc) is 2.60. The number of hydrogen-bond acceptors (Lipinski definition) is 3. The second-order valence-corrected chi connectivity index (χ2v) is 5.45. The normalized spacial score (nSPS) is 10.4. The Kier molecular flexibility index (Phi) is 5.21. The van der Waals surface area contributed by atoms with Crippen LogP contribution >= 0.6 is 0 Å². The van der Waals surface area contributed by atoms with Gasteiger partial charge in [0.1, 0.15) is 0 Å². The number of anilines is 2. The highest BCUT2D eigenvalue weighted by molar-refractivity contribution is 6.09. The first kappa shape index (κ1) is 16.1. The molecule has 0 aliphatic heterocycles. The average molecular weight is 296 g/mol. The fourth-order valence-corrected chi connectivity index (χ4v) is 2.27. The Labute approximate surface area is 133 Å². The van der Waals surface area contributed by atoms with E-state index in [1.807, 2.05) is 62.6 Å². The minimum absolute atomic E-state index is 0.0661. The van der Waals surface area contributed by atoms with Crippen LogP contribution in [0.25, 0.3) is 0 Å². The van der Waals surface area contributed by atoms with E-state index in [9.17, 15) is 4.79 Å². The van der Waals surface area contributed by atoms with Crippen LogP contribution in [0.4, 0.5) is 11.4 Å². The molecule has 22 heavy (non-hydrogen) atoms. The maximum atomic E-state index is 12.5. The molecule has 0 aliphatic rings. The lowest BCUT2D eigenvalue weighted by molar-refractivity contribution is 0.103. The Hall–Kier alpha value is -2.29. The standard InChI is InChI=1S/C19H24N2O/c1-5-20(3)17-11-7-15(8-12-17)19(22)16-9-13-18(14-10-16)21(4)6-2/h7-14H,5-6H2,1-4H3. The molecule has 0 amide bonds. The lowest BCUT2D eigenvalue weighted by Crippen LogP contribution is -2.16. The van der Waals surface area contributed by atoms with Crippen LogP contribution in [0, 0.1) is 0 Å². The summed E-state index contributed by atoms with van der Waals surface area (Å²) in [6, 6.07) is 15.6. The van der Waals surface area contributed by atoms with Gasteiger partial charge in [0.05, 0.1) is 0 Å². The monoisotopic (exact) mass is 296 g/mol. The maximum absolute atomic E-state index is 12.5. The molecule has 0 fully saturated rings. The lowest BCUT2D eigenvalue weighted by Gasteiger charge is -2.17. The number of ketones is 1. The molecule has 0 radical (unpaired) electrons. The summed E-state index contributed by atoms with van der Waals surface area (Å²) in [5.41, 5.74) is 3.70. The summed E-state index contributed by atoms with van der Waals surface area (Å²) < 4.78 is 0. The number of benzene rings is 2. The molecular formula is C19H24N2O. The number of carbonyl (C=O) groups excluding carboxylic acids is 1. The van der Waals surface area contributed by atoms with Gasteiger partial charge in [0.15, 0.2) is 5.78 Å². The van der Waals surface area contributed by atoms with Crippen LogP contribution in [0.3, 0.4) is 0 Å². The van der Waals surface area contributed by atoms with Gasteiger partial charge < -0.3 is 9.80 Å². The van der Waals surface area contributed by atoms with Crippen LogP contribution in [0.5, 0.6) is 0 Å². The molecule has 0 aromatic heterocycles. The van der Waals surface area contributed by atoms with Gasteiger partial charge in [0.25, 0.3) is 0 Å². The van der Waals surface area contributed by atoms with Crippen molar-refractivity contribution in [3.63, 3.8) is 0 Å². The molecule has 3 nitrogen and oxygen atoms in total. The van der Waals surface area contributed by atoms with Crippen molar-refractivity contribution in [2.75, 3.05) is 37.0 Å². The molecule has 0 heterocycles. The minimum atomic E-state index is 0.0661. The molecule has 2 aromatic rings. The van der Waals surface area contributed by atoms with E-state index in [2.05, 4.69) is 23.6 Å². The van der Waals surface area contributed by atoms with Gasteiger partial charge in [-0.2, -0.15) is 0 Å². The summed E-state index contributed by atoms with van der Waals surface area (Å²) in [5.74, 6) is 0.0661. The number of rotatable bonds is 6. The van der Waals surface area contributed by atoms with Crippen molar-refractivity contribution in [1.29, 1.82) is 0 Å². The third-order valence-electron chi connectivity index (χ3n) is 4.09. The highest BCUT2D eigenvalue weighted by atomic mass is 16.1. The van der Waals surface area contributed by atoms with E-state index < -0.39 is 0 Å². The second kappa shape index (κ2) is 7.12. The van der Waals surface area contributed by atoms with Crippen LogP contribution < -0.4 is 9.80 Å². The van der Waals surface area contributed by atoms with Crippen LogP contribution in [0.15, 0.2) is 48.5 Å². The zero-order valence-corrected chi connectivity index (χ0v) is 13.8. The fraction of sp³-hybridized carbons (Fsp3) is 0.316. The summed E-state index contributed by atoms with van der Waals surface area (Å²) in [7, 11) is 4.08. The van der Waals surface area contributed by atoms with Gasteiger partial charge in [0.2, 0.25) is 0 Å². The van der Waals surface area contributed by atoms with Crippen LogP contribution in [-0.4, -0.2) is 33.0 Å². The molecule has 0 saturated carbocycles. The largest absolute Gasteiger partial charge is 0.375 e. The highest BCUT2D eigenvalue weighted by Gasteiger charge is 2.10. The van der Waals surface area contributed by atoms with Crippen molar-refractivity contribution in [1.82, 2.24) is 0 Å². The molecule has 0 unspecified atom stereocenters. The SMILES string of the molecule is CCN(C)c1ccc(C(=O)c2ccc(N(C)CC)cc2)cc1. The Balaban J connectivity index is 2.17. The number of hydrogen-bond donors (Lipinski definition) is 0. The Bertz CT molecular complexity index is 561. The van der Waals surface area contributed by atoms with E-state index in [0.717, 1.165) is 35.6 Å². The number of carbonyl (C=O) groups is 1. The zero-order valence-electron chi connectivity index (χ0n) is 13.8. The van der Waals surface area contributed by atoms with Crippen LogP contribution in [0.1, 0.15) is 29.8 Å². The Morgan fingerprint density at radius 2 is 1.05 bits per heavy atom. The third kappa shape index (κ3) is 3.48. The van der Waals surface area contributed by atoms with Gasteiger partial charge in [-0.15, -0.1) is 0 Å². The quantitative estimate of drug-likeness (QED) is 0.757. The van der Waals surface area contributed by atoms with E-state index in [1.54, 1.807) is 0 Å². The first-order valence-corrected chi connectivity index (χ1v) is 7.74. The first-order valence-electron chi connectivity index (χ1n) is 7.74. The van der Waals surface area contributed by atoms with Crippen LogP contribution in [-0.2, 0) is 0 Å². The van der Waals surface area contributed by atoms with Crippen LogP contribution in [0.2, 0.25) is 0 Å². The molecule has 0 N–H and O–H groups in total. The zero-order chi connectivity index (χ0) is 16.1. The van der Waals surface area contributed by atoms with E-state index in [1.165, 1.54) is 0 Å². The molecule has 0 spiro atoms. The van der Waals surface area contributed by atoms with Gasteiger partial charge in [0, 0.05) is 49.7 Å². The summed E-state index contributed by atoms with van der Waals surface area (Å²) in [5, 5.41) is 0. The van der Waals surface area contributed by atoms with Crippen molar-refractivity contribution in [3.8, 4) is 0 Å². The highest BCUT2D eigenvalue weighted by Crippen LogP contribution is 2.18. The molecular weight excluding hydrogens is 272 g/mol. The van der Waals surface area contributed by atoms with E-state index >= 15 is 0 Å². The van der Waals surface area contributed by atoms with Crippen molar-refractivity contribution in [2.45, 2.75) is 13.8 Å². The minimum Gasteiger partial charge on any atom is -0.375 e. The number of nitrogens with zero attached hydrogens (tertiary/aromatic N) is 2. The summed E-state index contributed by atoms with van der Waals surface area (Å²) in [6.45, 7) is 6.10. The van der Waals surface area contributed by atoms with Gasteiger partial charge in [-0.3, -0.25) is 4.79 Å². The first-order chi connectivity index (χ1) is 10.6. The predicted octanol–water partition coefficient (Wildman–Crippen LogP) is 3.83. The molecule has 116 valence electrons. The molecule has 2 aromatic carbocycles. The van der Waals surface area contributed by atoms with Crippen molar-refractivity contribution in [3.05, 3.63) is 59.7 Å². The summed E-state index contributed by atoms with van der Waals surface area (Å²) >= 11 is 0. The maximum Gasteiger partial charge on any atom is 0.193 e. The van der Waals surface area contributed by atoms with Gasteiger partial charge >= 0.3 is 0 Å². The van der Waals surface area contributed by atoms with Crippen molar-refractivity contribution >= 4 is 17.2 Å².